The highest BCUT2D eigenvalue weighted by Crippen LogP contribution is 2.32. The van der Waals surface area contributed by atoms with E-state index >= 15 is 0 Å². The Morgan fingerprint density at radius 2 is 1.85 bits per heavy atom. The molecule has 0 spiro atoms. The van der Waals surface area contributed by atoms with E-state index in [9.17, 15) is 8.42 Å². The molecule has 0 saturated carbocycles. The van der Waals surface area contributed by atoms with E-state index in [1.807, 2.05) is 0 Å². The molecular formula is C11H13BrCl2N2O2S2. The van der Waals surface area contributed by atoms with Crippen molar-refractivity contribution < 1.29 is 8.42 Å². The van der Waals surface area contributed by atoms with Gasteiger partial charge in [0.1, 0.15) is 4.90 Å². The molecule has 112 valence electrons. The van der Waals surface area contributed by atoms with Crippen molar-refractivity contribution in [2.24, 2.45) is 5.73 Å². The third kappa shape index (κ3) is 5.46. The van der Waals surface area contributed by atoms with E-state index in [4.69, 9.17) is 41.2 Å². The zero-order valence-electron chi connectivity index (χ0n) is 10.3. The SMILES string of the molecule is NC(=S)CCCCNS(=O)(=O)c1c(Cl)cc(Br)cc1Cl. The van der Waals surface area contributed by atoms with Crippen molar-refractivity contribution in [3.8, 4) is 0 Å². The third-order valence-corrected chi connectivity index (χ3v) is 5.42. The predicted octanol–water partition coefficient (Wildman–Crippen LogP) is 3.49. The van der Waals surface area contributed by atoms with E-state index in [1.54, 1.807) is 0 Å². The highest BCUT2D eigenvalue weighted by molar-refractivity contribution is 9.10. The number of nitrogens with one attached hydrogen (secondary N) is 1. The Morgan fingerprint density at radius 3 is 2.35 bits per heavy atom. The number of rotatable bonds is 7. The number of hydrogen-bond acceptors (Lipinski definition) is 3. The van der Waals surface area contributed by atoms with Crippen LogP contribution in [0.1, 0.15) is 19.3 Å². The van der Waals surface area contributed by atoms with Gasteiger partial charge in [0.25, 0.3) is 0 Å². The van der Waals surface area contributed by atoms with E-state index in [2.05, 4.69) is 20.7 Å². The lowest BCUT2D eigenvalue weighted by Gasteiger charge is -2.10. The second kappa shape index (κ2) is 7.91. The molecule has 0 aromatic heterocycles. The minimum Gasteiger partial charge on any atom is -0.393 e. The average molecular weight is 420 g/mol. The van der Waals surface area contributed by atoms with Gasteiger partial charge in [-0.05, 0) is 31.4 Å². The summed E-state index contributed by atoms with van der Waals surface area (Å²) < 4.78 is 27.3. The number of sulfonamides is 1. The summed E-state index contributed by atoms with van der Waals surface area (Å²) in [6.45, 7) is 0.271. The smallest absolute Gasteiger partial charge is 0.243 e. The standard InChI is InChI=1S/C11H13BrCl2N2O2S2/c12-7-5-8(13)11(9(14)6-7)20(17,18)16-4-2-1-3-10(15)19/h5-6,16H,1-4H2,(H2,15,19). The maximum atomic E-state index is 12.1. The Kier molecular flexibility index (Phi) is 7.17. The van der Waals surface area contributed by atoms with Crippen molar-refractivity contribution in [3.05, 3.63) is 26.7 Å². The Labute approximate surface area is 142 Å². The van der Waals surface area contributed by atoms with E-state index in [0.717, 1.165) is 6.42 Å². The maximum absolute atomic E-state index is 12.1. The van der Waals surface area contributed by atoms with Gasteiger partial charge in [-0.3, -0.25) is 0 Å². The maximum Gasteiger partial charge on any atom is 0.243 e. The lowest BCUT2D eigenvalue weighted by Crippen LogP contribution is -2.25. The second-order valence-electron chi connectivity index (χ2n) is 4.02. The number of unbranched alkanes of at least 4 members (excludes halogenated alkanes) is 1. The monoisotopic (exact) mass is 418 g/mol. The van der Waals surface area contributed by atoms with Gasteiger partial charge in [-0.2, -0.15) is 0 Å². The summed E-state index contributed by atoms with van der Waals surface area (Å²) >= 11 is 19.8. The van der Waals surface area contributed by atoms with Crippen LogP contribution < -0.4 is 10.5 Å². The second-order valence-corrected chi connectivity index (χ2v) is 7.98. The number of halogens is 3. The molecule has 1 rings (SSSR count). The van der Waals surface area contributed by atoms with Gasteiger partial charge in [0.05, 0.1) is 15.0 Å². The Morgan fingerprint density at radius 1 is 1.30 bits per heavy atom. The minimum atomic E-state index is -3.74. The fourth-order valence-corrected chi connectivity index (χ4v) is 4.64. The molecule has 0 unspecified atom stereocenters. The lowest BCUT2D eigenvalue weighted by molar-refractivity contribution is 0.577. The minimum absolute atomic E-state index is 0.0695. The molecule has 0 radical (unpaired) electrons. The normalized spacial score (nSPS) is 11.6. The van der Waals surface area contributed by atoms with E-state index in [1.165, 1.54) is 12.1 Å². The predicted molar refractivity (Wildman–Crippen MR) is 90.0 cm³/mol. The first-order valence-electron chi connectivity index (χ1n) is 5.66. The van der Waals surface area contributed by atoms with Gasteiger partial charge in [0.2, 0.25) is 10.0 Å². The van der Waals surface area contributed by atoms with Crippen LogP contribution in [0.2, 0.25) is 10.0 Å². The summed E-state index contributed by atoms with van der Waals surface area (Å²) in [4.78, 5) is 0.310. The van der Waals surface area contributed by atoms with Crippen LogP contribution >= 0.6 is 51.3 Å². The van der Waals surface area contributed by atoms with Crippen molar-refractivity contribution in [1.82, 2.24) is 4.72 Å². The van der Waals surface area contributed by atoms with Gasteiger partial charge in [-0.15, -0.1) is 0 Å². The first-order chi connectivity index (χ1) is 9.24. The molecule has 0 heterocycles. The molecule has 0 fully saturated rings. The third-order valence-electron chi connectivity index (χ3n) is 2.37. The van der Waals surface area contributed by atoms with Gasteiger partial charge in [0.15, 0.2) is 0 Å². The molecule has 0 saturated heterocycles. The Balaban J connectivity index is 2.73. The van der Waals surface area contributed by atoms with Crippen LogP contribution in [0, 0.1) is 0 Å². The summed E-state index contributed by atoms with van der Waals surface area (Å²) in [7, 11) is -3.74. The first-order valence-corrected chi connectivity index (χ1v) is 9.10. The summed E-state index contributed by atoms with van der Waals surface area (Å²) in [5.74, 6) is 0. The Bertz CT molecular complexity index is 585. The summed E-state index contributed by atoms with van der Waals surface area (Å²) in [6, 6.07) is 2.96. The van der Waals surface area contributed by atoms with Crippen molar-refractivity contribution in [2.75, 3.05) is 6.54 Å². The molecule has 0 atom stereocenters. The molecular weight excluding hydrogens is 407 g/mol. The zero-order chi connectivity index (χ0) is 15.3. The van der Waals surface area contributed by atoms with Crippen LogP contribution in [-0.4, -0.2) is 20.0 Å². The zero-order valence-corrected chi connectivity index (χ0v) is 15.1. The van der Waals surface area contributed by atoms with Crippen LogP contribution in [0.15, 0.2) is 21.5 Å². The molecule has 4 nitrogen and oxygen atoms in total. The molecule has 0 aliphatic heterocycles. The number of hydrogen-bond donors (Lipinski definition) is 2. The van der Waals surface area contributed by atoms with Crippen molar-refractivity contribution >= 4 is 66.4 Å². The van der Waals surface area contributed by atoms with Crippen LogP contribution in [0.3, 0.4) is 0 Å². The van der Waals surface area contributed by atoms with Crippen molar-refractivity contribution in [3.63, 3.8) is 0 Å². The van der Waals surface area contributed by atoms with Crippen molar-refractivity contribution in [1.29, 1.82) is 0 Å². The number of thiocarbonyl (C=S) groups is 1. The van der Waals surface area contributed by atoms with E-state index < -0.39 is 10.0 Å². The van der Waals surface area contributed by atoms with Crippen molar-refractivity contribution in [2.45, 2.75) is 24.2 Å². The highest BCUT2D eigenvalue weighted by atomic mass is 79.9. The van der Waals surface area contributed by atoms with Gasteiger partial charge in [-0.1, -0.05) is 51.3 Å². The molecule has 0 amide bonds. The number of nitrogens with two attached hydrogens (primary N) is 1. The van der Waals surface area contributed by atoms with Crippen LogP contribution in [0.25, 0.3) is 0 Å². The van der Waals surface area contributed by atoms with Gasteiger partial charge in [0, 0.05) is 11.0 Å². The highest BCUT2D eigenvalue weighted by Gasteiger charge is 2.21. The lowest BCUT2D eigenvalue weighted by atomic mass is 10.2. The topological polar surface area (TPSA) is 72.2 Å². The molecule has 1 aromatic rings. The molecule has 1 aromatic carbocycles. The molecule has 0 aliphatic carbocycles. The fourth-order valence-electron chi connectivity index (χ4n) is 1.49. The molecule has 0 aliphatic rings. The van der Waals surface area contributed by atoms with Crippen LogP contribution in [-0.2, 0) is 10.0 Å². The quantitative estimate of drug-likeness (QED) is 0.524. The summed E-state index contributed by atoms with van der Waals surface area (Å²) in [5, 5.41) is 0.139. The molecule has 9 heteroatoms. The van der Waals surface area contributed by atoms with Gasteiger partial charge in [-0.25, -0.2) is 13.1 Å². The van der Waals surface area contributed by atoms with E-state index in [0.29, 0.717) is 22.3 Å². The number of benzene rings is 1. The molecule has 20 heavy (non-hydrogen) atoms. The van der Waals surface area contributed by atoms with Gasteiger partial charge < -0.3 is 5.73 Å². The summed E-state index contributed by atoms with van der Waals surface area (Å²) in [5.41, 5.74) is 5.36. The van der Waals surface area contributed by atoms with Crippen LogP contribution in [0.5, 0.6) is 0 Å². The fraction of sp³-hybridized carbons (Fsp3) is 0.364. The Hall–Kier alpha value is 0.0800. The molecule has 3 N–H and O–H groups in total. The first kappa shape index (κ1) is 18.1. The average Bonchev–Trinajstić information content (AvgIpc) is 2.25. The van der Waals surface area contributed by atoms with E-state index in [-0.39, 0.29) is 21.5 Å². The van der Waals surface area contributed by atoms with Crippen LogP contribution in [0.4, 0.5) is 0 Å². The van der Waals surface area contributed by atoms with Gasteiger partial charge >= 0.3 is 0 Å². The molecule has 0 bridgehead atoms. The largest absolute Gasteiger partial charge is 0.393 e. The summed E-state index contributed by atoms with van der Waals surface area (Å²) in [6.07, 6.45) is 1.94.